The van der Waals surface area contributed by atoms with E-state index in [1.807, 2.05) is 0 Å². The zero-order valence-corrected chi connectivity index (χ0v) is 12.1. The largest absolute Gasteiger partial charge is 0.396 e. The van der Waals surface area contributed by atoms with E-state index >= 15 is 0 Å². The molecule has 1 atom stereocenters. The average Bonchev–Trinajstić information content (AvgIpc) is 2.50. The topological polar surface area (TPSA) is 20.2 Å². The van der Waals surface area contributed by atoms with E-state index in [0.29, 0.717) is 5.92 Å². The molecule has 0 unspecified atom stereocenters. The molecule has 3 aliphatic rings. The minimum Gasteiger partial charge on any atom is -0.396 e. The fraction of sp³-hybridized carbons (Fsp3) is 0.368. The van der Waals surface area contributed by atoms with Gasteiger partial charge < -0.3 is 5.11 Å². The van der Waals surface area contributed by atoms with Crippen molar-refractivity contribution in [2.45, 2.75) is 31.1 Å². The molecule has 0 radical (unpaired) electrons. The van der Waals surface area contributed by atoms with E-state index in [4.69, 9.17) is 0 Å². The fourth-order valence-corrected chi connectivity index (χ4v) is 4.73. The lowest BCUT2D eigenvalue weighted by Crippen LogP contribution is -2.53. The molecule has 0 fully saturated rings. The second-order valence-electron chi connectivity index (χ2n) is 6.71. The molecular weight excluding hydrogens is 244 g/mol. The Balaban J connectivity index is 2.14. The van der Waals surface area contributed by atoms with Crippen molar-refractivity contribution in [1.29, 1.82) is 0 Å². The summed E-state index contributed by atoms with van der Waals surface area (Å²) in [4.78, 5) is 0. The first-order valence-electron chi connectivity index (χ1n) is 7.43. The van der Waals surface area contributed by atoms with Gasteiger partial charge in [-0.1, -0.05) is 62.4 Å². The quantitative estimate of drug-likeness (QED) is 0.834. The number of fused-ring (bicyclic) bond motifs is 1. The molecular formula is C19H20O. The van der Waals surface area contributed by atoms with Crippen LogP contribution in [0.25, 0.3) is 0 Å². The molecule has 1 N–H and O–H groups in total. The SMILES string of the molecule is CC12C[C@@H](CO)C(C)(c3ccccc31)c1ccccc12. The monoisotopic (exact) mass is 264 g/mol. The van der Waals surface area contributed by atoms with Gasteiger partial charge in [-0.2, -0.15) is 0 Å². The summed E-state index contributed by atoms with van der Waals surface area (Å²) >= 11 is 0. The van der Waals surface area contributed by atoms with Crippen LogP contribution in [0.4, 0.5) is 0 Å². The molecule has 0 saturated heterocycles. The highest BCUT2D eigenvalue weighted by molar-refractivity contribution is 5.62. The Kier molecular flexibility index (Phi) is 2.27. The Morgan fingerprint density at radius 3 is 1.80 bits per heavy atom. The highest BCUT2D eigenvalue weighted by atomic mass is 16.3. The van der Waals surface area contributed by atoms with E-state index in [-0.39, 0.29) is 17.4 Å². The maximum absolute atomic E-state index is 9.94. The van der Waals surface area contributed by atoms with Gasteiger partial charge in [0.1, 0.15) is 0 Å². The van der Waals surface area contributed by atoms with Crippen LogP contribution >= 0.6 is 0 Å². The molecule has 102 valence electrons. The lowest BCUT2D eigenvalue weighted by Gasteiger charge is -2.57. The summed E-state index contributed by atoms with van der Waals surface area (Å²) < 4.78 is 0. The molecule has 3 aliphatic carbocycles. The fourth-order valence-electron chi connectivity index (χ4n) is 4.73. The smallest absolute Gasteiger partial charge is 0.0471 e. The van der Waals surface area contributed by atoms with Crippen LogP contribution in [0.1, 0.15) is 42.5 Å². The summed E-state index contributed by atoms with van der Waals surface area (Å²) in [7, 11) is 0. The summed E-state index contributed by atoms with van der Waals surface area (Å²) in [5.41, 5.74) is 5.70. The van der Waals surface area contributed by atoms with Crippen molar-refractivity contribution in [2.75, 3.05) is 6.61 Å². The third-order valence-electron chi connectivity index (χ3n) is 5.85. The molecule has 2 aromatic carbocycles. The maximum atomic E-state index is 9.94. The molecule has 1 nitrogen and oxygen atoms in total. The number of hydrogen-bond acceptors (Lipinski definition) is 1. The van der Waals surface area contributed by atoms with Gasteiger partial charge in [0.15, 0.2) is 0 Å². The van der Waals surface area contributed by atoms with Crippen molar-refractivity contribution in [2.24, 2.45) is 5.92 Å². The van der Waals surface area contributed by atoms with Gasteiger partial charge in [0.2, 0.25) is 0 Å². The van der Waals surface area contributed by atoms with Crippen LogP contribution in [0, 0.1) is 5.92 Å². The van der Waals surface area contributed by atoms with Gasteiger partial charge in [-0.3, -0.25) is 0 Å². The van der Waals surface area contributed by atoms with Crippen molar-refractivity contribution in [3.05, 3.63) is 70.8 Å². The van der Waals surface area contributed by atoms with E-state index < -0.39 is 0 Å². The van der Waals surface area contributed by atoms with Crippen LogP contribution in [-0.2, 0) is 10.8 Å². The third-order valence-corrected chi connectivity index (χ3v) is 5.85. The van der Waals surface area contributed by atoms with Gasteiger partial charge in [-0.05, 0) is 34.6 Å². The second-order valence-corrected chi connectivity index (χ2v) is 6.71. The van der Waals surface area contributed by atoms with Gasteiger partial charge >= 0.3 is 0 Å². The van der Waals surface area contributed by atoms with Crippen molar-refractivity contribution in [3.8, 4) is 0 Å². The summed E-state index contributed by atoms with van der Waals surface area (Å²) in [6.07, 6.45) is 1.04. The zero-order valence-electron chi connectivity index (χ0n) is 12.1. The van der Waals surface area contributed by atoms with Crippen molar-refractivity contribution in [1.82, 2.24) is 0 Å². The molecule has 1 heteroatoms. The Hall–Kier alpha value is -1.60. The standard InChI is InChI=1S/C19H20O/c1-18-11-13(12-20)19(2,16-9-5-3-7-14(16)18)17-10-6-4-8-15(17)18/h3-10,13,20H,11-12H2,1-2H3/t13-,18?,19?/m0/s1. The van der Waals surface area contributed by atoms with Crippen LogP contribution in [0.5, 0.6) is 0 Å². The Bertz CT molecular complexity index is 638. The number of benzene rings is 2. The predicted octanol–water partition coefficient (Wildman–Crippen LogP) is 3.62. The second kappa shape index (κ2) is 3.73. The van der Waals surface area contributed by atoms with Crippen molar-refractivity contribution < 1.29 is 5.11 Å². The van der Waals surface area contributed by atoms with Gasteiger partial charge in [-0.15, -0.1) is 0 Å². The molecule has 0 heterocycles. The first-order chi connectivity index (χ1) is 9.62. The minimum absolute atomic E-state index is 0.0400. The maximum Gasteiger partial charge on any atom is 0.0471 e. The Morgan fingerprint density at radius 2 is 1.35 bits per heavy atom. The van der Waals surface area contributed by atoms with Gasteiger partial charge in [-0.25, -0.2) is 0 Å². The summed E-state index contributed by atoms with van der Waals surface area (Å²) in [5, 5.41) is 9.94. The van der Waals surface area contributed by atoms with Gasteiger partial charge in [0, 0.05) is 17.4 Å². The first kappa shape index (κ1) is 12.2. The van der Waals surface area contributed by atoms with Crippen molar-refractivity contribution >= 4 is 0 Å². The highest BCUT2D eigenvalue weighted by Gasteiger charge is 2.55. The molecule has 20 heavy (non-hydrogen) atoms. The van der Waals surface area contributed by atoms with Gasteiger partial charge in [0.05, 0.1) is 0 Å². The molecule has 2 bridgehead atoms. The first-order valence-corrected chi connectivity index (χ1v) is 7.43. The predicted molar refractivity (Wildman–Crippen MR) is 81.0 cm³/mol. The number of aliphatic hydroxyl groups is 1. The molecule has 2 aromatic rings. The summed E-state index contributed by atoms with van der Waals surface area (Å²) in [5.74, 6) is 0.303. The lowest BCUT2D eigenvalue weighted by atomic mass is 9.46. The summed E-state index contributed by atoms with van der Waals surface area (Å²) in [6, 6.07) is 17.6. The van der Waals surface area contributed by atoms with Crippen LogP contribution < -0.4 is 0 Å². The number of rotatable bonds is 1. The van der Waals surface area contributed by atoms with E-state index in [1.54, 1.807) is 0 Å². The van der Waals surface area contributed by atoms with Crippen LogP contribution in [-0.4, -0.2) is 11.7 Å². The van der Waals surface area contributed by atoms with Crippen LogP contribution in [0.2, 0.25) is 0 Å². The van der Waals surface area contributed by atoms with Gasteiger partial charge in [0.25, 0.3) is 0 Å². The Morgan fingerprint density at radius 1 is 0.900 bits per heavy atom. The molecule has 0 aromatic heterocycles. The Labute approximate surface area is 120 Å². The molecule has 5 rings (SSSR count). The van der Waals surface area contributed by atoms with Crippen LogP contribution in [0.3, 0.4) is 0 Å². The average molecular weight is 264 g/mol. The zero-order chi connectivity index (χ0) is 14.0. The highest BCUT2D eigenvalue weighted by Crippen LogP contribution is 2.61. The summed E-state index contributed by atoms with van der Waals surface area (Å²) in [6.45, 7) is 4.91. The van der Waals surface area contributed by atoms with E-state index in [2.05, 4.69) is 62.4 Å². The minimum atomic E-state index is -0.0559. The molecule has 0 aliphatic heterocycles. The number of aliphatic hydroxyl groups excluding tert-OH is 1. The van der Waals surface area contributed by atoms with Crippen LogP contribution in [0.15, 0.2) is 48.5 Å². The van der Waals surface area contributed by atoms with E-state index in [9.17, 15) is 5.11 Å². The molecule has 0 saturated carbocycles. The van der Waals surface area contributed by atoms with E-state index in [0.717, 1.165) is 6.42 Å². The molecule has 0 spiro atoms. The van der Waals surface area contributed by atoms with E-state index in [1.165, 1.54) is 22.3 Å². The number of hydrogen-bond donors (Lipinski definition) is 1. The third kappa shape index (κ3) is 1.18. The lowest BCUT2D eigenvalue weighted by molar-refractivity contribution is 0.122. The van der Waals surface area contributed by atoms with Crippen molar-refractivity contribution in [3.63, 3.8) is 0 Å². The normalized spacial score (nSPS) is 33.6. The molecule has 0 amide bonds.